The fourth-order valence-corrected chi connectivity index (χ4v) is 3.66. The van der Waals surface area contributed by atoms with Crippen LogP contribution >= 0.6 is 0 Å². The first kappa shape index (κ1) is 17.0. The van der Waals surface area contributed by atoms with Crippen LogP contribution in [-0.2, 0) is 11.8 Å². The summed E-state index contributed by atoms with van der Waals surface area (Å²) in [4.78, 5) is 14.2. The molecule has 24 heavy (non-hydrogen) atoms. The molecule has 1 saturated carbocycles. The summed E-state index contributed by atoms with van der Waals surface area (Å²) in [7, 11) is 3.86. The van der Waals surface area contributed by atoms with E-state index in [0.717, 1.165) is 47.8 Å². The molecule has 3 rings (SSSR count). The summed E-state index contributed by atoms with van der Waals surface area (Å²) < 4.78 is 16.5. The molecule has 1 aromatic carbocycles. The molecule has 2 aromatic rings. The number of aryl methyl sites for hydroxylation is 1. The van der Waals surface area contributed by atoms with Gasteiger partial charge < -0.3 is 9.47 Å². The molecule has 1 aliphatic carbocycles. The first-order chi connectivity index (χ1) is 11.4. The van der Waals surface area contributed by atoms with Crippen LogP contribution in [0.25, 0.3) is 10.9 Å². The zero-order valence-electron chi connectivity index (χ0n) is 15.1. The van der Waals surface area contributed by atoms with Crippen LogP contribution in [0.1, 0.15) is 62.5 Å². The monoisotopic (exact) mass is 330 g/mol. The number of hydrogen-bond donors (Lipinski definition) is 0. The molecule has 0 bridgehead atoms. The number of carbonyl (C=O) groups excluding carboxylic acids is 1. The van der Waals surface area contributed by atoms with Crippen LogP contribution in [0.15, 0.2) is 18.3 Å². The maximum absolute atomic E-state index is 14.5. The average Bonchev–Trinajstić information content (AvgIpc) is 3.31. The third-order valence-electron chi connectivity index (χ3n) is 5.15. The second-order valence-electron chi connectivity index (χ2n) is 7.25. The van der Waals surface area contributed by atoms with Crippen LogP contribution in [0, 0.1) is 5.82 Å². The smallest absolute Gasteiger partial charge is 0.222 e. The van der Waals surface area contributed by atoms with E-state index in [9.17, 15) is 9.18 Å². The van der Waals surface area contributed by atoms with Crippen molar-refractivity contribution >= 4 is 16.8 Å². The quantitative estimate of drug-likeness (QED) is 0.762. The number of benzene rings is 1. The second-order valence-corrected chi connectivity index (χ2v) is 7.25. The van der Waals surface area contributed by atoms with E-state index in [2.05, 4.69) is 24.6 Å². The van der Waals surface area contributed by atoms with Crippen LogP contribution in [0.4, 0.5) is 4.39 Å². The molecule has 0 aliphatic heterocycles. The number of carbonyl (C=O) groups is 1. The normalized spacial score (nSPS) is 15.7. The molecule has 0 N–H and O–H groups in total. The lowest BCUT2D eigenvalue weighted by Crippen LogP contribution is -2.28. The molecule has 1 amide bonds. The summed E-state index contributed by atoms with van der Waals surface area (Å²) in [6.45, 7) is 4.93. The number of amides is 1. The highest BCUT2D eigenvalue weighted by atomic mass is 19.1. The lowest BCUT2D eigenvalue weighted by atomic mass is 9.92. The van der Waals surface area contributed by atoms with Crippen molar-refractivity contribution in [3.63, 3.8) is 0 Å². The van der Waals surface area contributed by atoms with Crippen molar-refractivity contribution in [1.29, 1.82) is 0 Å². The van der Waals surface area contributed by atoms with Crippen LogP contribution in [0.2, 0.25) is 0 Å². The van der Waals surface area contributed by atoms with E-state index in [1.807, 2.05) is 20.2 Å². The Bertz CT molecular complexity index is 761. The van der Waals surface area contributed by atoms with Crippen LogP contribution in [0.5, 0.6) is 0 Å². The number of halogens is 1. The summed E-state index contributed by atoms with van der Waals surface area (Å²) in [5.74, 6) is 0.491. The minimum Gasteiger partial charge on any atom is -0.350 e. The van der Waals surface area contributed by atoms with Gasteiger partial charge in [0.05, 0.1) is 0 Å². The zero-order chi connectivity index (χ0) is 17.4. The maximum atomic E-state index is 14.5. The standard InChI is InChI=1S/C20H27FN2O/c1-5-10-22(3)18(24)11-13(2)15-12-23(4)17-9-8-16(21)19(20(15)17)14-6-7-14/h8-9,12-14H,5-7,10-11H2,1-4H3. The van der Waals surface area contributed by atoms with Gasteiger partial charge in [0.1, 0.15) is 5.82 Å². The second kappa shape index (κ2) is 6.58. The molecule has 4 heteroatoms. The highest BCUT2D eigenvalue weighted by molar-refractivity contribution is 5.89. The van der Waals surface area contributed by atoms with Gasteiger partial charge in [0.15, 0.2) is 0 Å². The van der Waals surface area contributed by atoms with E-state index in [1.54, 1.807) is 11.0 Å². The van der Waals surface area contributed by atoms with Crippen molar-refractivity contribution in [2.75, 3.05) is 13.6 Å². The van der Waals surface area contributed by atoms with Gasteiger partial charge in [-0.3, -0.25) is 4.79 Å². The zero-order valence-corrected chi connectivity index (χ0v) is 15.1. The Hall–Kier alpha value is -1.84. The molecule has 130 valence electrons. The topological polar surface area (TPSA) is 25.2 Å². The molecule has 1 heterocycles. The largest absolute Gasteiger partial charge is 0.350 e. The van der Waals surface area contributed by atoms with E-state index in [0.29, 0.717) is 12.3 Å². The SMILES string of the molecule is CCCN(C)C(=O)CC(C)c1cn(C)c2ccc(F)c(C3CC3)c12. The molecule has 1 aliphatic rings. The van der Waals surface area contributed by atoms with Gasteiger partial charge >= 0.3 is 0 Å². The van der Waals surface area contributed by atoms with E-state index in [1.165, 1.54) is 0 Å². The first-order valence-electron chi connectivity index (χ1n) is 8.95. The maximum Gasteiger partial charge on any atom is 0.222 e. The van der Waals surface area contributed by atoms with Crippen LogP contribution in [0.3, 0.4) is 0 Å². The van der Waals surface area contributed by atoms with E-state index in [4.69, 9.17) is 0 Å². The molecule has 1 unspecified atom stereocenters. The minimum absolute atomic E-state index is 0.0832. The third kappa shape index (κ3) is 3.06. The molecular formula is C20H27FN2O. The van der Waals surface area contributed by atoms with Crippen LogP contribution < -0.4 is 0 Å². The van der Waals surface area contributed by atoms with Gasteiger partial charge in [-0.05, 0) is 48.8 Å². The molecule has 0 saturated heterocycles. The van der Waals surface area contributed by atoms with Crippen molar-refractivity contribution < 1.29 is 9.18 Å². The Morgan fingerprint density at radius 2 is 2.12 bits per heavy atom. The van der Waals surface area contributed by atoms with Gasteiger partial charge in [0.2, 0.25) is 5.91 Å². The third-order valence-corrected chi connectivity index (χ3v) is 5.15. The molecule has 3 nitrogen and oxygen atoms in total. The summed E-state index contributed by atoms with van der Waals surface area (Å²) in [6.07, 6.45) is 5.64. The predicted octanol–water partition coefficient (Wildman–Crippen LogP) is 4.56. The van der Waals surface area contributed by atoms with Gasteiger partial charge in [0, 0.05) is 49.7 Å². The van der Waals surface area contributed by atoms with Gasteiger partial charge in [-0.25, -0.2) is 4.39 Å². The summed E-state index contributed by atoms with van der Waals surface area (Å²) in [6, 6.07) is 3.45. The first-order valence-corrected chi connectivity index (χ1v) is 8.95. The number of aromatic nitrogens is 1. The highest BCUT2D eigenvalue weighted by Crippen LogP contribution is 2.46. The fraction of sp³-hybridized carbons (Fsp3) is 0.550. The van der Waals surface area contributed by atoms with E-state index < -0.39 is 0 Å². The van der Waals surface area contributed by atoms with E-state index in [-0.39, 0.29) is 17.6 Å². The molecule has 0 spiro atoms. The van der Waals surface area contributed by atoms with Crippen molar-refractivity contribution in [3.8, 4) is 0 Å². The molecule has 1 aromatic heterocycles. The lowest BCUT2D eigenvalue weighted by molar-refractivity contribution is -0.130. The number of hydrogen-bond acceptors (Lipinski definition) is 1. The van der Waals surface area contributed by atoms with Crippen molar-refractivity contribution in [1.82, 2.24) is 9.47 Å². The average molecular weight is 330 g/mol. The predicted molar refractivity (Wildman–Crippen MR) is 95.8 cm³/mol. The molecule has 1 atom stereocenters. The summed E-state index contributed by atoms with van der Waals surface area (Å²) >= 11 is 0. The number of rotatable bonds is 6. The number of nitrogens with zero attached hydrogens (tertiary/aromatic N) is 2. The summed E-state index contributed by atoms with van der Waals surface area (Å²) in [5, 5.41) is 1.04. The molecular weight excluding hydrogens is 303 g/mol. The van der Waals surface area contributed by atoms with Crippen molar-refractivity contribution in [2.24, 2.45) is 7.05 Å². The fourth-order valence-electron chi connectivity index (χ4n) is 3.66. The Balaban J connectivity index is 1.97. The summed E-state index contributed by atoms with van der Waals surface area (Å²) in [5.41, 5.74) is 3.03. The van der Waals surface area contributed by atoms with Gasteiger partial charge in [-0.2, -0.15) is 0 Å². The Kier molecular flexibility index (Phi) is 4.66. The lowest BCUT2D eigenvalue weighted by Gasteiger charge is -2.19. The number of fused-ring (bicyclic) bond motifs is 1. The molecule has 1 fully saturated rings. The van der Waals surface area contributed by atoms with Crippen molar-refractivity contribution in [3.05, 3.63) is 35.3 Å². The minimum atomic E-state index is -0.0981. The van der Waals surface area contributed by atoms with E-state index >= 15 is 0 Å². The highest BCUT2D eigenvalue weighted by Gasteiger charge is 2.31. The van der Waals surface area contributed by atoms with Crippen LogP contribution in [-0.4, -0.2) is 29.0 Å². The van der Waals surface area contributed by atoms with Gasteiger partial charge in [-0.15, -0.1) is 0 Å². The van der Waals surface area contributed by atoms with Crippen molar-refractivity contribution in [2.45, 2.75) is 51.4 Å². The molecule has 0 radical (unpaired) electrons. The Morgan fingerprint density at radius 1 is 1.42 bits per heavy atom. The van der Waals surface area contributed by atoms with Gasteiger partial charge in [-0.1, -0.05) is 13.8 Å². The Labute approximate surface area is 143 Å². The Morgan fingerprint density at radius 3 is 2.75 bits per heavy atom. The van der Waals surface area contributed by atoms with Gasteiger partial charge in [0.25, 0.3) is 0 Å².